The quantitative estimate of drug-likeness (QED) is 0.821. The Kier molecular flexibility index (Phi) is 4.87. The number of nitrogens with one attached hydrogen (secondary N) is 1. The summed E-state index contributed by atoms with van der Waals surface area (Å²) in [5, 5.41) is 3.20. The molecule has 0 aromatic rings. The molecule has 2 fully saturated rings. The van der Waals surface area contributed by atoms with Crippen LogP contribution in [0.5, 0.6) is 0 Å². The molecule has 2 aliphatic rings. The van der Waals surface area contributed by atoms with Crippen LogP contribution in [0.2, 0.25) is 0 Å². The Morgan fingerprint density at radius 1 is 1.28 bits per heavy atom. The molecule has 1 saturated carbocycles. The highest BCUT2D eigenvalue weighted by atomic mass is 16.5. The highest BCUT2D eigenvalue weighted by Gasteiger charge is 2.26. The van der Waals surface area contributed by atoms with E-state index < -0.39 is 0 Å². The van der Waals surface area contributed by atoms with Gasteiger partial charge in [-0.05, 0) is 24.7 Å². The summed E-state index contributed by atoms with van der Waals surface area (Å²) in [7, 11) is 0. The monoisotopic (exact) mass is 254 g/mol. The summed E-state index contributed by atoms with van der Waals surface area (Å²) in [6.07, 6.45) is 4.85. The van der Waals surface area contributed by atoms with Gasteiger partial charge in [0.1, 0.15) is 0 Å². The van der Waals surface area contributed by atoms with E-state index in [-0.39, 0.29) is 6.03 Å². The topological polar surface area (TPSA) is 41.6 Å². The third-order valence-electron chi connectivity index (χ3n) is 4.28. The summed E-state index contributed by atoms with van der Waals surface area (Å²) in [5.41, 5.74) is 0. The van der Waals surface area contributed by atoms with E-state index in [9.17, 15) is 4.79 Å². The standard InChI is InChI=1S/C14H26N2O2/c1-11(2)12-4-3-5-13(10-12)15-14(17)16-6-8-18-9-7-16/h11-13H,3-10H2,1-2H3,(H,15,17). The lowest BCUT2D eigenvalue weighted by molar-refractivity contribution is 0.0517. The van der Waals surface area contributed by atoms with Crippen molar-refractivity contribution in [1.29, 1.82) is 0 Å². The van der Waals surface area contributed by atoms with Gasteiger partial charge in [0.2, 0.25) is 0 Å². The summed E-state index contributed by atoms with van der Waals surface area (Å²) in [6, 6.07) is 0.481. The van der Waals surface area contributed by atoms with Gasteiger partial charge in [0.25, 0.3) is 0 Å². The minimum Gasteiger partial charge on any atom is -0.378 e. The zero-order valence-corrected chi connectivity index (χ0v) is 11.7. The van der Waals surface area contributed by atoms with Gasteiger partial charge in [0.05, 0.1) is 13.2 Å². The maximum absolute atomic E-state index is 12.1. The van der Waals surface area contributed by atoms with Crippen molar-refractivity contribution in [2.45, 2.75) is 45.6 Å². The first kappa shape index (κ1) is 13.7. The Morgan fingerprint density at radius 3 is 2.67 bits per heavy atom. The SMILES string of the molecule is CC(C)C1CCCC(NC(=O)N2CCOCC2)C1. The van der Waals surface area contributed by atoms with Crippen LogP contribution in [0.25, 0.3) is 0 Å². The number of rotatable bonds is 2. The van der Waals surface area contributed by atoms with Gasteiger partial charge in [-0.15, -0.1) is 0 Å². The molecular weight excluding hydrogens is 228 g/mol. The van der Waals surface area contributed by atoms with Crippen LogP contribution in [0.15, 0.2) is 0 Å². The van der Waals surface area contributed by atoms with Gasteiger partial charge in [-0.25, -0.2) is 4.79 Å². The normalized spacial score (nSPS) is 29.4. The number of hydrogen-bond acceptors (Lipinski definition) is 2. The lowest BCUT2D eigenvalue weighted by Gasteiger charge is -2.34. The number of nitrogens with zero attached hydrogens (tertiary/aromatic N) is 1. The average Bonchev–Trinajstić information content (AvgIpc) is 2.40. The van der Waals surface area contributed by atoms with E-state index in [0.29, 0.717) is 19.3 Å². The Balaban J connectivity index is 1.79. The van der Waals surface area contributed by atoms with Crippen LogP contribution in [0.4, 0.5) is 4.79 Å². The molecule has 0 aromatic heterocycles. The van der Waals surface area contributed by atoms with Crippen LogP contribution in [-0.4, -0.2) is 43.3 Å². The third kappa shape index (κ3) is 3.61. The number of carbonyl (C=O) groups is 1. The Morgan fingerprint density at radius 2 is 2.00 bits per heavy atom. The summed E-state index contributed by atoms with van der Waals surface area (Å²) < 4.78 is 5.27. The minimum atomic E-state index is 0.104. The molecule has 2 unspecified atom stereocenters. The van der Waals surface area contributed by atoms with Crippen molar-refractivity contribution in [3.8, 4) is 0 Å². The lowest BCUT2D eigenvalue weighted by Crippen LogP contribution is -2.50. The van der Waals surface area contributed by atoms with Gasteiger partial charge >= 0.3 is 6.03 Å². The van der Waals surface area contributed by atoms with Gasteiger partial charge in [-0.1, -0.05) is 26.7 Å². The molecule has 2 atom stereocenters. The van der Waals surface area contributed by atoms with Crippen LogP contribution in [0.1, 0.15) is 39.5 Å². The molecule has 2 amide bonds. The number of amides is 2. The van der Waals surface area contributed by atoms with Gasteiger partial charge in [-0.2, -0.15) is 0 Å². The molecule has 1 N–H and O–H groups in total. The van der Waals surface area contributed by atoms with Crippen molar-refractivity contribution in [3.63, 3.8) is 0 Å². The largest absolute Gasteiger partial charge is 0.378 e. The van der Waals surface area contributed by atoms with Crippen molar-refractivity contribution < 1.29 is 9.53 Å². The van der Waals surface area contributed by atoms with Crippen molar-refractivity contribution in [3.05, 3.63) is 0 Å². The average molecular weight is 254 g/mol. The van der Waals surface area contributed by atoms with Crippen LogP contribution >= 0.6 is 0 Å². The second-order valence-electron chi connectivity index (χ2n) is 5.92. The van der Waals surface area contributed by atoms with Gasteiger partial charge < -0.3 is 15.0 Å². The highest BCUT2D eigenvalue weighted by molar-refractivity contribution is 5.74. The molecule has 0 radical (unpaired) electrons. The first-order valence-corrected chi connectivity index (χ1v) is 7.30. The minimum absolute atomic E-state index is 0.104. The van der Waals surface area contributed by atoms with E-state index in [1.807, 2.05) is 4.90 Å². The van der Waals surface area contributed by atoms with Gasteiger partial charge in [0.15, 0.2) is 0 Å². The van der Waals surface area contributed by atoms with E-state index >= 15 is 0 Å². The lowest BCUT2D eigenvalue weighted by atomic mass is 9.79. The summed E-state index contributed by atoms with van der Waals surface area (Å²) in [6.45, 7) is 7.38. The molecule has 1 aliphatic carbocycles. The summed E-state index contributed by atoms with van der Waals surface area (Å²) >= 11 is 0. The number of ether oxygens (including phenoxy) is 1. The van der Waals surface area contributed by atoms with E-state index in [2.05, 4.69) is 19.2 Å². The molecule has 2 rings (SSSR count). The molecule has 4 heteroatoms. The van der Waals surface area contributed by atoms with E-state index in [1.54, 1.807) is 0 Å². The van der Waals surface area contributed by atoms with Gasteiger partial charge in [-0.3, -0.25) is 0 Å². The maximum atomic E-state index is 12.1. The molecule has 1 saturated heterocycles. The zero-order chi connectivity index (χ0) is 13.0. The Labute approximate surface area is 110 Å². The summed E-state index contributed by atoms with van der Waals surface area (Å²) in [5.74, 6) is 1.50. The van der Waals surface area contributed by atoms with E-state index in [0.717, 1.165) is 37.8 Å². The van der Waals surface area contributed by atoms with Crippen LogP contribution in [-0.2, 0) is 4.74 Å². The molecular formula is C14H26N2O2. The van der Waals surface area contributed by atoms with Crippen molar-refractivity contribution in [1.82, 2.24) is 10.2 Å². The summed E-state index contributed by atoms with van der Waals surface area (Å²) in [4.78, 5) is 14.0. The third-order valence-corrected chi connectivity index (χ3v) is 4.28. The molecule has 1 heterocycles. The fourth-order valence-corrected chi connectivity index (χ4v) is 3.00. The molecule has 0 bridgehead atoms. The second-order valence-corrected chi connectivity index (χ2v) is 5.92. The van der Waals surface area contributed by atoms with Gasteiger partial charge in [0, 0.05) is 19.1 Å². The first-order valence-electron chi connectivity index (χ1n) is 7.30. The predicted molar refractivity (Wildman–Crippen MR) is 71.5 cm³/mol. The van der Waals surface area contributed by atoms with Crippen molar-refractivity contribution >= 4 is 6.03 Å². The van der Waals surface area contributed by atoms with E-state index in [4.69, 9.17) is 4.74 Å². The van der Waals surface area contributed by atoms with E-state index in [1.165, 1.54) is 12.8 Å². The molecule has 0 spiro atoms. The Hall–Kier alpha value is -0.770. The smallest absolute Gasteiger partial charge is 0.317 e. The highest BCUT2D eigenvalue weighted by Crippen LogP contribution is 2.29. The molecule has 18 heavy (non-hydrogen) atoms. The first-order chi connectivity index (χ1) is 8.66. The fraction of sp³-hybridized carbons (Fsp3) is 0.929. The molecule has 104 valence electrons. The van der Waals surface area contributed by atoms with Crippen LogP contribution < -0.4 is 5.32 Å². The zero-order valence-electron chi connectivity index (χ0n) is 11.7. The molecule has 4 nitrogen and oxygen atoms in total. The Bertz CT molecular complexity index is 275. The van der Waals surface area contributed by atoms with Crippen LogP contribution in [0, 0.1) is 11.8 Å². The van der Waals surface area contributed by atoms with Crippen molar-refractivity contribution in [2.75, 3.05) is 26.3 Å². The molecule has 1 aliphatic heterocycles. The number of hydrogen-bond donors (Lipinski definition) is 1. The maximum Gasteiger partial charge on any atom is 0.317 e. The second kappa shape index (κ2) is 6.41. The predicted octanol–water partition coefficient (Wildman–Crippen LogP) is 2.24. The fourth-order valence-electron chi connectivity index (χ4n) is 3.00. The number of carbonyl (C=O) groups excluding carboxylic acids is 1. The number of morpholine rings is 1. The molecule has 0 aromatic carbocycles. The van der Waals surface area contributed by atoms with Crippen molar-refractivity contribution in [2.24, 2.45) is 11.8 Å². The van der Waals surface area contributed by atoms with Crippen LogP contribution in [0.3, 0.4) is 0 Å². The number of urea groups is 1.